The van der Waals surface area contributed by atoms with E-state index in [-0.39, 0.29) is 5.91 Å². The summed E-state index contributed by atoms with van der Waals surface area (Å²) in [5, 5.41) is 2.92. The third kappa shape index (κ3) is 4.21. The van der Waals surface area contributed by atoms with Crippen molar-refractivity contribution in [1.29, 1.82) is 0 Å². The number of hydrogen-bond donors (Lipinski definition) is 1. The number of ether oxygens (including phenoxy) is 1. The van der Waals surface area contributed by atoms with Crippen LogP contribution in [-0.2, 0) is 4.79 Å². The molecule has 3 heteroatoms. The highest BCUT2D eigenvalue weighted by molar-refractivity contribution is 5.92. The molecule has 2 aromatic carbocycles. The molecule has 3 rings (SSSR count). The summed E-state index contributed by atoms with van der Waals surface area (Å²) < 4.78 is 5.77. The Morgan fingerprint density at radius 3 is 2.57 bits per heavy atom. The van der Waals surface area contributed by atoms with Gasteiger partial charge in [-0.25, -0.2) is 0 Å². The topological polar surface area (TPSA) is 38.3 Å². The monoisotopic (exact) mass is 279 g/mol. The maximum absolute atomic E-state index is 11.6. The van der Waals surface area contributed by atoms with Crippen LogP contribution < -0.4 is 10.1 Å². The minimum Gasteiger partial charge on any atom is -0.457 e. The molecule has 0 unspecified atom stereocenters. The molecule has 0 aromatic heterocycles. The first-order valence-electron chi connectivity index (χ1n) is 7.11. The zero-order valence-corrected chi connectivity index (χ0v) is 11.7. The Hall–Kier alpha value is -2.55. The molecule has 1 amide bonds. The predicted molar refractivity (Wildman–Crippen MR) is 83.2 cm³/mol. The molecule has 0 atom stereocenters. The van der Waals surface area contributed by atoms with Crippen LogP contribution in [0.15, 0.2) is 60.7 Å². The van der Waals surface area contributed by atoms with E-state index in [1.807, 2.05) is 54.6 Å². The summed E-state index contributed by atoms with van der Waals surface area (Å²) in [5.74, 6) is 1.52. The van der Waals surface area contributed by atoms with Crippen molar-refractivity contribution in [2.75, 3.05) is 0 Å². The lowest BCUT2D eigenvalue weighted by atomic mass is 10.2. The summed E-state index contributed by atoms with van der Waals surface area (Å²) in [6.07, 6.45) is 5.56. The van der Waals surface area contributed by atoms with Crippen molar-refractivity contribution in [1.82, 2.24) is 5.32 Å². The number of rotatable bonds is 5. The van der Waals surface area contributed by atoms with Crippen LogP contribution >= 0.6 is 0 Å². The molecule has 1 aliphatic carbocycles. The molecule has 1 saturated carbocycles. The third-order valence-electron chi connectivity index (χ3n) is 3.19. The lowest BCUT2D eigenvalue weighted by Crippen LogP contribution is -2.22. The molecule has 0 aliphatic heterocycles. The number of nitrogens with one attached hydrogen (secondary N) is 1. The van der Waals surface area contributed by atoms with Crippen LogP contribution in [0.5, 0.6) is 11.5 Å². The van der Waals surface area contributed by atoms with Gasteiger partial charge in [-0.1, -0.05) is 30.3 Å². The number of hydrogen-bond acceptors (Lipinski definition) is 2. The first-order chi connectivity index (χ1) is 10.3. The van der Waals surface area contributed by atoms with Gasteiger partial charge in [0.15, 0.2) is 0 Å². The highest BCUT2D eigenvalue weighted by Crippen LogP contribution is 2.22. The molecule has 0 bridgehead atoms. The molecule has 2 aromatic rings. The summed E-state index contributed by atoms with van der Waals surface area (Å²) in [4.78, 5) is 11.6. The number of amides is 1. The van der Waals surface area contributed by atoms with E-state index < -0.39 is 0 Å². The third-order valence-corrected chi connectivity index (χ3v) is 3.19. The van der Waals surface area contributed by atoms with Gasteiger partial charge in [-0.2, -0.15) is 0 Å². The molecule has 3 nitrogen and oxygen atoms in total. The van der Waals surface area contributed by atoms with E-state index in [1.165, 1.54) is 0 Å². The van der Waals surface area contributed by atoms with Gasteiger partial charge in [-0.05, 0) is 48.7 Å². The van der Waals surface area contributed by atoms with Crippen LogP contribution in [0.4, 0.5) is 0 Å². The number of carbonyl (C=O) groups is 1. The van der Waals surface area contributed by atoms with E-state index in [4.69, 9.17) is 4.74 Å². The number of benzene rings is 2. The Labute approximate surface area is 124 Å². The molecule has 0 heterocycles. The second-order valence-electron chi connectivity index (χ2n) is 5.10. The highest BCUT2D eigenvalue weighted by Gasteiger charge is 2.21. The van der Waals surface area contributed by atoms with Crippen molar-refractivity contribution in [2.24, 2.45) is 0 Å². The average Bonchev–Trinajstić information content (AvgIpc) is 3.31. The van der Waals surface area contributed by atoms with Crippen LogP contribution in [0.3, 0.4) is 0 Å². The van der Waals surface area contributed by atoms with Crippen LogP contribution in [0.1, 0.15) is 18.4 Å². The van der Waals surface area contributed by atoms with Gasteiger partial charge in [0.2, 0.25) is 5.91 Å². The van der Waals surface area contributed by atoms with Crippen molar-refractivity contribution in [3.05, 3.63) is 66.2 Å². The molecular weight excluding hydrogens is 262 g/mol. The zero-order valence-electron chi connectivity index (χ0n) is 11.7. The maximum atomic E-state index is 11.6. The van der Waals surface area contributed by atoms with Crippen molar-refractivity contribution in [3.63, 3.8) is 0 Å². The molecule has 1 fully saturated rings. The summed E-state index contributed by atoms with van der Waals surface area (Å²) >= 11 is 0. The van der Waals surface area contributed by atoms with Gasteiger partial charge in [-0.3, -0.25) is 4.79 Å². The fraction of sp³-hybridized carbons (Fsp3) is 0.167. The lowest BCUT2D eigenvalue weighted by Gasteiger charge is -2.05. The fourth-order valence-corrected chi connectivity index (χ4v) is 1.96. The quantitative estimate of drug-likeness (QED) is 0.846. The summed E-state index contributed by atoms with van der Waals surface area (Å²) in [6.45, 7) is 0. The van der Waals surface area contributed by atoms with Gasteiger partial charge >= 0.3 is 0 Å². The average molecular weight is 279 g/mol. The van der Waals surface area contributed by atoms with Crippen LogP contribution in [0.2, 0.25) is 0 Å². The van der Waals surface area contributed by atoms with E-state index in [0.717, 1.165) is 29.9 Å². The smallest absolute Gasteiger partial charge is 0.244 e. The van der Waals surface area contributed by atoms with Crippen LogP contribution in [0.25, 0.3) is 6.08 Å². The van der Waals surface area contributed by atoms with Crippen LogP contribution in [-0.4, -0.2) is 11.9 Å². The Balaban J connectivity index is 1.65. The molecular formula is C18H17NO2. The Morgan fingerprint density at radius 1 is 1.05 bits per heavy atom. The zero-order chi connectivity index (χ0) is 14.5. The highest BCUT2D eigenvalue weighted by atomic mass is 16.5. The molecule has 106 valence electrons. The first kappa shape index (κ1) is 13.4. The minimum atomic E-state index is -0.0353. The molecule has 21 heavy (non-hydrogen) atoms. The maximum Gasteiger partial charge on any atom is 0.244 e. The van der Waals surface area contributed by atoms with Gasteiger partial charge in [0.05, 0.1) is 0 Å². The Kier molecular flexibility index (Phi) is 4.01. The van der Waals surface area contributed by atoms with Gasteiger partial charge in [-0.15, -0.1) is 0 Å². The minimum absolute atomic E-state index is 0.0353. The van der Waals surface area contributed by atoms with Gasteiger partial charge < -0.3 is 10.1 Å². The van der Waals surface area contributed by atoms with Crippen LogP contribution in [0, 0.1) is 0 Å². The standard InChI is InChI=1S/C18H17NO2/c20-18(19-15-10-11-15)12-9-14-5-4-8-17(13-14)21-16-6-2-1-3-7-16/h1-9,12-13,15H,10-11H2,(H,19,20)/b12-9+. The predicted octanol–water partition coefficient (Wildman–Crippen LogP) is 3.77. The van der Waals surface area contributed by atoms with E-state index in [9.17, 15) is 4.79 Å². The molecule has 0 saturated heterocycles. The van der Waals surface area contributed by atoms with Crippen molar-refractivity contribution < 1.29 is 9.53 Å². The molecule has 0 spiro atoms. The van der Waals surface area contributed by atoms with E-state index in [2.05, 4.69) is 5.32 Å². The fourth-order valence-electron chi connectivity index (χ4n) is 1.96. The molecule has 0 radical (unpaired) electrons. The van der Waals surface area contributed by atoms with Crippen molar-refractivity contribution in [3.8, 4) is 11.5 Å². The number of para-hydroxylation sites is 1. The second kappa shape index (κ2) is 6.27. The van der Waals surface area contributed by atoms with E-state index in [1.54, 1.807) is 12.2 Å². The first-order valence-corrected chi connectivity index (χ1v) is 7.11. The van der Waals surface area contributed by atoms with Gasteiger partial charge in [0, 0.05) is 12.1 Å². The molecule has 1 aliphatic rings. The number of carbonyl (C=O) groups excluding carboxylic acids is 1. The largest absolute Gasteiger partial charge is 0.457 e. The van der Waals surface area contributed by atoms with Gasteiger partial charge in [0.1, 0.15) is 11.5 Å². The van der Waals surface area contributed by atoms with Crippen molar-refractivity contribution >= 4 is 12.0 Å². The van der Waals surface area contributed by atoms with E-state index >= 15 is 0 Å². The van der Waals surface area contributed by atoms with Crippen molar-refractivity contribution in [2.45, 2.75) is 18.9 Å². The second-order valence-corrected chi connectivity index (χ2v) is 5.10. The van der Waals surface area contributed by atoms with Gasteiger partial charge in [0.25, 0.3) is 0 Å². The SMILES string of the molecule is O=C(/C=C/c1cccc(Oc2ccccc2)c1)NC1CC1. The van der Waals surface area contributed by atoms with E-state index in [0.29, 0.717) is 6.04 Å². The Bertz CT molecular complexity index is 645. The Morgan fingerprint density at radius 2 is 1.81 bits per heavy atom. The molecule has 1 N–H and O–H groups in total. The summed E-state index contributed by atoms with van der Waals surface area (Å²) in [5.41, 5.74) is 0.939. The normalized spacial score (nSPS) is 14.1. The summed E-state index contributed by atoms with van der Waals surface area (Å²) in [6, 6.07) is 17.7. The lowest BCUT2D eigenvalue weighted by molar-refractivity contribution is -0.116. The summed E-state index contributed by atoms with van der Waals surface area (Å²) in [7, 11) is 0.